The summed E-state index contributed by atoms with van der Waals surface area (Å²) in [4.78, 5) is 22.9. The summed E-state index contributed by atoms with van der Waals surface area (Å²) in [6.07, 6.45) is 1.09. The summed E-state index contributed by atoms with van der Waals surface area (Å²) in [6.45, 7) is 0. The van der Waals surface area contributed by atoms with Gasteiger partial charge in [0.05, 0.1) is 11.3 Å². The van der Waals surface area contributed by atoms with E-state index in [2.05, 4.69) is 15.4 Å². The highest BCUT2D eigenvalue weighted by molar-refractivity contribution is 7.92. The van der Waals surface area contributed by atoms with Crippen LogP contribution in [-0.2, 0) is 32.5 Å². The molecular weight excluding hydrogens is 342 g/mol. The molecule has 2 aromatic carbocycles. The molecule has 3 N–H and O–H groups in total. The van der Waals surface area contributed by atoms with E-state index < -0.39 is 10.0 Å². The molecule has 4 rings (SSSR count). The predicted molar refractivity (Wildman–Crippen MR) is 93.0 cm³/mol. The van der Waals surface area contributed by atoms with Crippen molar-refractivity contribution in [3.8, 4) is 0 Å². The number of hydrogen-bond donors (Lipinski definition) is 3. The van der Waals surface area contributed by atoms with Gasteiger partial charge in [0.1, 0.15) is 0 Å². The Labute approximate surface area is 144 Å². The summed E-state index contributed by atoms with van der Waals surface area (Å²) in [5.41, 5.74) is 3.32. The van der Waals surface area contributed by atoms with Crippen LogP contribution < -0.4 is 15.4 Å². The molecule has 0 unspecified atom stereocenters. The second-order valence-corrected chi connectivity index (χ2v) is 7.75. The molecule has 2 amide bonds. The number of benzene rings is 2. The van der Waals surface area contributed by atoms with Crippen LogP contribution in [0.4, 0.5) is 17.1 Å². The Morgan fingerprint density at radius 2 is 1.56 bits per heavy atom. The van der Waals surface area contributed by atoms with Crippen molar-refractivity contribution in [1.29, 1.82) is 0 Å². The van der Waals surface area contributed by atoms with Gasteiger partial charge in [0.2, 0.25) is 11.8 Å². The van der Waals surface area contributed by atoms with Crippen LogP contribution in [0.25, 0.3) is 0 Å². The molecule has 2 aliphatic heterocycles. The lowest BCUT2D eigenvalue weighted by Crippen LogP contribution is -2.20. The Morgan fingerprint density at radius 3 is 2.40 bits per heavy atom. The van der Waals surface area contributed by atoms with Crippen LogP contribution in [0.2, 0.25) is 0 Å². The highest BCUT2D eigenvalue weighted by atomic mass is 32.2. The first-order valence-corrected chi connectivity index (χ1v) is 9.27. The zero-order chi connectivity index (χ0) is 17.6. The largest absolute Gasteiger partial charge is 0.326 e. The van der Waals surface area contributed by atoms with Crippen LogP contribution in [0.15, 0.2) is 41.3 Å². The maximum Gasteiger partial charge on any atom is 0.261 e. The van der Waals surface area contributed by atoms with Crippen molar-refractivity contribution < 1.29 is 18.0 Å². The van der Waals surface area contributed by atoms with E-state index in [1.54, 1.807) is 30.3 Å². The van der Waals surface area contributed by atoms with E-state index in [1.807, 2.05) is 0 Å². The standard InChI is InChI=1S/C17H15N3O4S/c21-16-6-1-10-8-13(3-5-14(10)18-16)25(23,24)20-12-2-4-15-11(7-12)9-17(22)19-15/h2-5,7-8,20H,1,6,9H2,(H,18,21)(H,19,22). The number of sulfonamides is 1. The predicted octanol–water partition coefficient (Wildman–Crippen LogP) is 1.87. The molecule has 0 fully saturated rings. The molecule has 128 valence electrons. The van der Waals surface area contributed by atoms with E-state index in [4.69, 9.17) is 0 Å². The second-order valence-electron chi connectivity index (χ2n) is 6.07. The quantitative estimate of drug-likeness (QED) is 0.780. The van der Waals surface area contributed by atoms with Crippen molar-refractivity contribution in [2.75, 3.05) is 15.4 Å². The molecule has 0 aromatic heterocycles. The number of carbonyl (C=O) groups excluding carboxylic acids is 2. The molecule has 0 spiro atoms. The molecule has 2 aromatic rings. The fourth-order valence-corrected chi connectivity index (χ4v) is 4.13. The van der Waals surface area contributed by atoms with E-state index in [0.717, 1.165) is 11.1 Å². The Balaban J connectivity index is 1.61. The Kier molecular flexibility index (Phi) is 3.50. The van der Waals surface area contributed by atoms with Crippen LogP contribution in [0, 0.1) is 0 Å². The van der Waals surface area contributed by atoms with E-state index in [-0.39, 0.29) is 23.1 Å². The van der Waals surface area contributed by atoms with Crippen LogP contribution in [-0.4, -0.2) is 20.2 Å². The Hall–Kier alpha value is -2.87. The van der Waals surface area contributed by atoms with Gasteiger partial charge in [-0.15, -0.1) is 0 Å². The van der Waals surface area contributed by atoms with Crippen LogP contribution in [0.3, 0.4) is 0 Å². The Bertz CT molecular complexity index is 1010. The van der Waals surface area contributed by atoms with Gasteiger partial charge in [-0.25, -0.2) is 8.42 Å². The SMILES string of the molecule is O=C1CCc2cc(S(=O)(=O)Nc3ccc4c(c3)CC(=O)N4)ccc2N1. The lowest BCUT2D eigenvalue weighted by molar-refractivity contribution is -0.116. The molecule has 0 saturated heterocycles. The number of rotatable bonds is 3. The summed E-state index contributed by atoms with van der Waals surface area (Å²) < 4.78 is 27.8. The third-order valence-corrected chi connectivity index (χ3v) is 5.64. The van der Waals surface area contributed by atoms with E-state index >= 15 is 0 Å². The summed E-state index contributed by atoms with van der Waals surface area (Å²) in [5, 5.41) is 5.43. The summed E-state index contributed by atoms with van der Waals surface area (Å²) in [6, 6.07) is 9.59. The number of amides is 2. The summed E-state index contributed by atoms with van der Waals surface area (Å²) in [7, 11) is -3.76. The zero-order valence-corrected chi connectivity index (χ0v) is 13.9. The van der Waals surface area contributed by atoms with Crippen LogP contribution >= 0.6 is 0 Å². The third kappa shape index (κ3) is 2.96. The smallest absolute Gasteiger partial charge is 0.261 e. The molecule has 2 aliphatic rings. The molecule has 0 atom stereocenters. The van der Waals surface area contributed by atoms with Crippen LogP contribution in [0.1, 0.15) is 17.5 Å². The van der Waals surface area contributed by atoms with Gasteiger partial charge in [0.15, 0.2) is 0 Å². The number of fused-ring (bicyclic) bond motifs is 2. The van der Waals surface area contributed by atoms with Crippen molar-refractivity contribution in [2.24, 2.45) is 0 Å². The highest BCUT2D eigenvalue weighted by Crippen LogP contribution is 2.29. The summed E-state index contributed by atoms with van der Waals surface area (Å²) >= 11 is 0. The minimum atomic E-state index is -3.76. The maximum atomic E-state index is 12.6. The van der Waals surface area contributed by atoms with Gasteiger partial charge in [-0.2, -0.15) is 0 Å². The average Bonchev–Trinajstić information content (AvgIpc) is 2.93. The van der Waals surface area contributed by atoms with Crippen molar-refractivity contribution in [3.63, 3.8) is 0 Å². The van der Waals surface area contributed by atoms with Gasteiger partial charge in [-0.05, 0) is 53.9 Å². The number of hydrogen-bond acceptors (Lipinski definition) is 4. The molecular formula is C17H15N3O4S. The molecule has 0 radical (unpaired) electrons. The van der Waals surface area contributed by atoms with Crippen LogP contribution in [0.5, 0.6) is 0 Å². The average molecular weight is 357 g/mol. The monoisotopic (exact) mass is 357 g/mol. The first-order chi connectivity index (χ1) is 11.9. The highest BCUT2D eigenvalue weighted by Gasteiger charge is 2.22. The van der Waals surface area contributed by atoms with Gasteiger partial charge in [0, 0.05) is 23.5 Å². The van der Waals surface area contributed by atoms with Gasteiger partial charge in [-0.1, -0.05) is 0 Å². The molecule has 25 heavy (non-hydrogen) atoms. The number of aryl methyl sites for hydroxylation is 1. The first-order valence-electron chi connectivity index (χ1n) is 7.79. The maximum absolute atomic E-state index is 12.6. The third-order valence-electron chi connectivity index (χ3n) is 4.27. The fourth-order valence-electron chi connectivity index (χ4n) is 3.03. The van der Waals surface area contributed by atoms with Crippen molar-refractivity contribution in [2.45, 2.75) is 24.2 Å². The molecule has 0 bridgehead atoms. The Morgan fingerprint density at radius 1 is 0.840 bits per heavy atom. The van der Waals surface area contributed by atoms with E-state index in [0.29, 0.717) is 29.9 Å². The minimum Gasteiger partial charge on any atom is -0.326 e. The first kappa shape index (κ1) is 15.6. The number of carbonyl (C=O) groups is 2. The normalized spacial score (nSPS) is 15.8. The topological polar surface area (TPSA) is 104 Å². The molecule has 8 heteroatoms. The van der Waals surface area contributed by atoms with Gasteiger partial charge >= 0.3 is 0 Å². The molecule has 2 heterocycles. The zero-order valence-electron chi connectivity index (χ0n) is 13.1. The van der Waals surface area contributed by atoms with E-state index in [1.165, 1.54) is 6.07 Å². The van der Waals surface area contributed by atoms with Crippen molar-refractivity contribution in [1.82, 2.24) is 0 Å². The summed E-state index contributed by atoms with van der Waals surface area (Å²) in [5.74, 6) is -0.172. The fraction of sp³-hybridized carbons (Fsp3) is 0.176. The molecule has 0 saturated carbocycles. The van der Waals surface area contributed by atoms with Crippen molar-refractivity contribution in [3.05, 3.63) is 47.5 Å². The molecule has 7 nitrogen and oxygen atoms in total. The van der Waals surface area contributed by atoms with Gasteiger partial charge in [0.25, 0.3) is 10.0 Å². The second kappa shape index (κ2) is 5.59. The van der Waals surface area contributed by atoms with Crippen molar-refractivity contribution >= 4 is 38.9 Å². The van der Waals surface area contributed by atoms with E-state index in [9.17, 15) is 18.0 Å². The lowest BCUT2D eigenvalue weighted by Gasteiger charge is -2.18. The number of anilines is 3. The number of nitrogens with one attached hydrogen (secondary N) is 3. The minimum absolute atomic E-state index is 0.0671. The molecule has 0 aliphatic carbocycles. The van der Waals surface area contributed by atoms with Gasteiger partial charge < -0.3 is 10.6 Å². The lowest BCUT2D eigenvalue weighted by atomic mass is 10.0. The van der Waals surface area contributed by atoms with Gasteiger partial charge in [-0.3, -0.25) is 14.3 Å².